The van der Waals surface area contributed by atoms with E-state index in [0.29, 0.717) is 18.2 Å². The number of nitrogens with zero attached hydrogens (tertiary/aromatic N) is 2. The number of anilines is 1. The molecule has 18 heavy (non-hydrogen) atoms. The molecule has 0 radical (unpaired) electrons. The van der Waals surface area contributed by atoms with Gasteiger partial charge in [-0.1, -0.05) is 24.4 Å². The monoisotopic (exact) mass is 263 g/mol. The summed E-state index contributed by atoms with van der Waals surface area (Å²) in [7, 11) is 0. The highest BCUT2D eigenvalue weighted by atomic mass is 19.4. The normalized spacial score (nSPS) is 17.9. The van der Waals surface area contributed by atoms with E-state index in [1.165, 1.54) is 19.3 Å². The Labute approximate surface area is 103 Å². The van der Waals surface area contributed by atoms with Crippen LogP contribution in [-0.2, 0) is 6.42 Å². The van der Waals surface area contributed by atoms with Gasteiger partial charge >= 0.3 is 12.2 Å². The molecule has 1 heterocycles. The van der Waals surface area contributed by atoms with E-state index in [1.807, 2.05) is 0 Å². The standard InChI is InChI=1S/C11H16F3N3O/c12-11(13,14)7-15-10-17-16-9(18-10)6-8-4-2-1-3-5-8/h8H,1-7H2,(H,15,17). The first-order chi connectivity index (χ1) is 8.53. The number of halogens is 3. The van der Waals surface area contributed by atoms with Gasteiger partial charge in [0.05, 0.1) is 0 Å². The summed E-state index contributed by atoms with van der Waals surface area (Å²) in [5.41, 5.74) is 0. The van der Waals surface area contributed by atoms with Crippen LogP contribution in [0.25, 0.3) is 0 Å². The third-order valence-electron chi connectivity index (χ3n) is 3.09. The van der Waals surface area contributed by atoms with E-state index in [4.69, 9.17) is 4.42 Å². The molecule has 0 atom stereocenters. The van der Waals surface area contributed by atoms with Crippen LogP contribution in [-0.4, -0.2) is 22.9 Å². The molecule has 1 N–H and O–H groups in total. The second kappa shape index (κ2) is 5.58. The number of hydrogen-bond acceptors (Lipinski definition) is 4. The van der Waals surface area contributed by atoms with Crippen LogP contribution < -0.4 is 5.32 Å². The number of alkyl halides is 3. The van der Waals surface area contributed by atoms with Crippen molar-refractivity contribution in [2.24, 2.45) is 5.92 Å². The molecular weight excluding hydrogens is 247 g/mol. The van der Waals surface area contributed by atoms with Gasteiger partial charge in [-0.2, -0.15) is 13.2 Å². The molecule has 1 aromatic heterocycles. The molecule has 1 saturated carbocycles. The van der Waals surface area contributed by atoms with Crippen LogP contribution in [0.5, 0.6) is 0 Å². The highest BCUT2D eigenvalue weighted by Gasteiger charge is 2.27. The molecule has 0 aliphatic heterocycles. The Morgan fingerprint density at radius 1 is 1.17 bits per heavy atom. The van der Waals surface area contributed by atoms with E-state index in [0.717, 1.165) is 12.8 Å². The zero-order valence-electron chi connectivity index (χ0n) is 9.96. The molecule has 0 aromatic carbocycles. The van der Waals surface area contributed by atoms with Crippen LogP contribution in [0.3, 0.4) is 0 Å². The molecule has 1 aliphatic carbocycles. The molecular formula is C11H16F3N3O. The number of nitrogens with one attached hydrogen (secondary N) is 1. The smallest absolute Gasteiger partial charge is 0.405 e. The van der Waals surface area contributed by atoms with E-state index in [-0.39, 0.29) is 6.01 Å². The molecule has 7 heteroatoms. The Balaban J connectivity index is 1.82. The molecule has 1 fully saturated rings. The van der Waals surface area contributed by atoms with E-state index in [2.05, 4.69) is 15.5 Å². The van der Waals surface area contributed by atoms with Crippen LogP contribution in [0.2, 0.25) is 0 Å². The van der Waals surface area contributed by atoms with Crippen molar-refractivity contribution in [1.29, 1.82) is 0 Å². The maximum atomic E-state index is 12.0. The van der Waals surface area contributed by atoms with Gasteiger partial charge in [0.2, 0.25) is 5.89 Å². The molecule has 1 aromatic rings. The van der Waals surface area contributed by atoms with Gasteiger partial charge in [0, 0.05) is 6.42 Å². The lowest BCUT2D eigenvalue weighted by atomic mass is 9.87. The Bertz CT molecular complexity index is 372. The fourth-order valence-electron chi connectivity index (χ4n) is 2.22. The Kier molecular flexibility index (Phi) is 4.08. The van der Waals surface area contributed by atoms with Crippen LogP contribution in [0.15, 0.2) is 4.42 Å². The van der Waals surface area contributed by atoms with Crippen LogP contribution in [0, 0.1) is 5.92 Å². The van der Waals surface area contributed by atoms with Gasteiger partial charge in [-0.05, 0) is 18.8 Å². The first-order valence-electron chi connectivity index (χ1n) is 6.16. The molecule has 0 saturated heterocycles. The summed E-state index contributed by atoms with van der Waals surface area (Å²) in [6, 6.07) is -0.155. The second-order valence-electron chi connectivity index (χ2n) is 4.68. The van der Waals surface area contributed by atoms with E-state index in [1.54, 1.807) is 0 Å². The number of hydrogen-bond donors (Lipinski definition) is 1. The lowest BCUT2D eigenvalue weighted by Gasteiger charge is -2.19. The molecule has 1 aliphatic rings. The summed E-state index contributed by atoms with van der Waals surface area (Å²) in [5, 5.41) is 9.40. The molecule has 2 rings (SSSR count). The maximum absolute atomic E-state index is 12.0. The van der Waals surface area contributed by atoms with Crippen molar-refractivity contribution < 1.29 is 17.6 Å². The third-order valence-corrected chi connectivity index (χ3v) is 3.09. The van der Waals surface area contributed by atoms with Crippen LogP contribution >= 0.6 is 0 Å². The van der Waals surface area contributed by atoms with Crippen molar-refractivity contribution in [2.45, 2.75) is 44.7 Å². The zero-order valence-corrected chi connectivity index (χ0v) is 9.96. The Morgan fingerprint density at radius 3 is 2.56 bits per heavy atom. The first kappa shape index (κ1) is 13.2. The van der Waals surface area contributed by atoms with Crippen molar-refractivity contribution in [3.05, 3.63) is 5.89 Å². The topological polar surface area (TPSA) is 51.0 Å². The molecule has 0 amide bonds. The number of rotatable bonds is 4. The van der Waals surface area contributed by atoms with E-state index >= 15 is 0 Å². The van der Waals surface area contributed by atoms with Crippen molar-refractivity contribution in [3.63, 3.8) is 0 Å². The minimum Gasteiger partial charge on any atom is -0.408 e. The van der Waals surface area contributed by atoms with Gasteiger partial charge in [0.1, 0.15) is 6.54 Å². The fraction of sp³-hybridized carbons (Fsp3) is 0.818. The van der Waals surface area contributed by atoms with Gasteiger partial charge in [0.25, 0.3) is 0 Å². The van der Waals surface area contributed by atoms with Gasteiger partial charge < -0.3 is 9.73 Å². The molecule has 4 nitrogen and oxygen atoms in total. The summed E-state index contributed by atoms with van der Waals surface area (Å²) in [5.74, 6) is 0.946. The first-order valence-corrected chi connectivity index (χ1v) is 6.16. The largest absolute Gasteiger partial charge is 0.408 e. The fourth-order valence-corrected chi connectivity index (χ4v) is 2.22. The summed E-state index contributed by atoms with van der Waals surface area (Å²) in [6.07, 6.45) is 2.33. The predicted octanol–water partition coefficient (Wildman–Crippen LogP) is 3.17. The van der Waals surface area contributed by atoms with Crippen molar-refractivity contribution >= 4 is 6.01 Å². The summed E-state index contributed by atoms with van der Waals surface area (Å²) in [6.45, 7) is -1.15. The van der Waals surface area contributed by atoms with E-state index < -0.39 is 12.7 Å². The maximum Gasteiger partial charge on any atom is 0.405 e. The minimum absolute atomic E-state index is 0.155. The summed E-state index contributed by atoms with van der Waals surface area (Å²) >= 11 is 0. The van der Waals surface area contributed by atoms with Crippen LogP contribution in [0.4, 0.5) is 19.2 Å². The Hall–Kier alpha value is -1.27. The van der Waals surface area contributed by atoms with Gasteiger partial charge in [-0.3, -0.25) is 0 Å². The quantitative estimate of drug-likeness (QED) is 0.906. The third kappa shape index (κ3) is 4.19. The molecule has 0 unspecified atom stereocenters. The lowest BCUT2D eigenvalue weighted by molar-refractivity contribution is -0.115. The van der Waals surface area contributed by atoms with Crippen molar-refractivity contribution in [3.8, 4) is 0 Å². The predicted molar refractivity (Wildman–Crippen MR) is 59.1 cm³/mol. The molecule has 0 bridgehead atoms. The van der Waals surface area contributed by atoms with Gasteiger partial charge in [0.15, 0.2) is 0 Å². The van der Waals surface area contributed by atoms with Gasteiger partial charge in [-0.15, -0.1) is 5.10 Å². The van der Waals surface area contributed by atoms with Crippen LogP contribution in [0.1, 0.15) is 38.0 Å². The summed E-state index contributed by atoms with van der Waals surface area (Å²) < 4.78 is 41.1. The minimum atomic E-state index is -4.28. The average molecular weight is 263 g/mol. The average Bonchev–Trinajstić information content (AvgIpc) is 2.75. The molecule has 102 valence electrons. The van der Waals surface area contributed by atoms with Crippen molar-refractivity contribution in [1.82, 2.24) is 10.2 Å². The highest BCUT2D eigenvalue weighted by Crippen LogP contribution is 2.26. The highest BCUT2D eigenvalue weighted by molar-refractivity contribution is 5.17. The second-order valence-corrected chi connectivity index (χ2v) is 4.68. The van der Waals surface area contributed by atoms with Crippen molar-refractivity contribution in [2.75, 3.05) is 11.9 Å². The zero-order chi connectivity index (χ0) is 13.0. The van der Waals surface area contributed by atoms with E-state index in [9.17, 15) is 13.2 Å². The van der Waals surface area contributed by atoms with Gasteiger partial charge in [-0.25, -0.2) is 0 Å². The Morgan fingerprint density at radius 2 is 1.89 bits per heavy atom. The number of aromatic nitrogens is 2. The SMILES string of the molecule is FC(F)(F)CNc1nnc(CC2CCCCC2)o1. The lowest BCUT2D eigenvalue weighted by Crippen LogP contribution is -2.21. The molecule has 0 spiro atoms. The summed E-state index contributed by atoms with van der Waals surface area (Å²) in [4.78, 5) is 0.